The van der Waals surface area contributed by atoms with Gasteiger partial charge in [-0.3, -0.25) is 4.90 Å². The quantitative estimate of drug-likeness (QED) is 0.869. The molecule has 0 unspecified atom stereocenters. The number of benzene rings is 1. The lowest BCUT2D eigenvalue weighted by molar-refractivity contribution is -0.00852. The summed E-state index contributed by atoms with van der Waals surface area (Å²) in [4.78, 5) is 6.59. The van der Waals surface area contributed by atoms with Crippen LogP contribution >= 0.6 is 0 Å². The molecule has 1 aromatic heterocycles. The first-order valence-corrected chi connectivity index (χ1v) is 7.04. The van der Waals surface area contributed by atoms with Gasteiger partial charge < -0.3 is 9.26 Å². The van der Waals surface area contributed by atoms with Gasteiger partial charge in [0.25, 0.3) is 0 Å². The number of ether oxygens (including phenoxy) is 1. The molecule has 1 saturated heterocycles. The molecule has 21 heavy (non-hydrogen) atoms. The summed E-state index contributed by atoms with van der Waals surface area (Å²) in [6, 6.07) is 5.27. The molecule has 0 radical (unpaired) electrons. The molecular weight excluding hydrogens is 273 g/mol. The Kier molecular flexibility index (Phi) is 3.98. The Morgan fingerprint density at radius 3 is 3.05 bits per heavy atom. The minimum atomic E-state index is -0.263. The normalized spacial score (nSPS) is 19.9. The van der Waals surface area contributed by atoms with Gasteiger partial charge >= 0.3 is 0 Å². The SMILES string of the molecule is Cc1ccc(-c2noc(CN3CCOC[C@@H]3C)n2)cc1F. The number of rotatable bonds is 3. The fourth-order valence-electron chi connectivity index (χ4n) is 2.34. The predicted molar refractivity (Wildman–Crippen MR) is 75.1 cm³/mol. The van der Waals surface area contributed by atoms with E-state index in [2.05, 4.69) is 22.0 Å². The van der Waals surface area contributed by atoms with Crippen LogP contribution in [0.25, 0.3) is 11.4 Å². The summed E-state index contributed by atoms with van der Waals surface area (Å²) in [7, 11) is 0. The summed E-state index contributed by atoms with van der Waals surface area (Å²) in [5.74, 6) is 0.699. The Labute approximate surface area is 122 Å². The minimum absolute atomic E-state index is 0.263. The van der Waals surface area contributed by atoms with Crippen LogP contribution in [0.2, 0.25) is 0 Å². The number of aromatic nitrogens is 2. The molecule has 112 valence electrons. The van der Waals surface area contributed by atoms with Crippen molar-refractivity contribution in [2.45, 2.75) is 26.4 Å². The summed E-state index contributed by atoms with van der Waals surface area (Å²) < 4.78 is 24.3. The lowest BCUT2D eigenvalue weighted by Crippen LogP contribution is -2.42. The number of nitrogens with zero attached hydrogens (tertiary/aromatic N) is 3. The van der Waals surface area contributed by atoms with Crippen LogP contribution in [0.15, 0.2) is 22.7 Å². The first-order valence-electron chi connectivity index (χ1n) is 7.04. The lowest BCUT2D eigenvalue weighted by Gasteiger charge is -2.31. The summed E-state index contributed by atoms with van der Waals surface area (Å²) >= 11 is 0. The molecule has 1 fully saturated rings. The Balaban J connectivity index is 1.75. The van der Waals surface area contributed by atoms with E-state index in [1.807, 2.05) is 0 Å². The average molecular weight is 291 g/mol. The molecule has 3 rings (SSSR count). The van der Waals surface area contributed by atoms with Gasteiger partial charge in [-0.05, 0) is 25.5 Å². The van der Waals surface area contributed by atoms with E-state index in [0.717, 1.165) is 6.54 Å². The van der Waals surface area contributed by atoms with Crippen molar-refractivity contribution in [1.29, 1.82) is 0 Å². The van der Waals surface area contributed by atoms with Crippen LogP contribution in [0.3, 0.4) is 0 Å². The molecule has 6 heteroatoms. The second-order valence-electron chi connectivity index (χ2n) is 5.37. The number of halogens is 1. The first-order chi connectivity index (χ1) is 10.1. The highest BCUT2D eigenvalue weighted by Crippen LogP contribution is 2.20. The fourth-order valence-corrected chi connectivity index (χ4v) is 2.34. The standard InChI is InChI=1S/C15H18FN3O2/c1-10-3-4-12(7-13(10)16)15-17-14(21-18-15)8-19-5-6-20-9-11(19)2/h3-4,7,11H,5-6,8-9H2,1-2H3/t11-/m0/s1. The highest BCUT2D eigenvalue weighted by atomic mass is 19.1. The maximum atomic E-state index is 13.6. The van der Waals surface area contributed by atoms with Gasteiger partial charge in [0, 0.05) is 18.2 Å². The zero-order valence-corrected chi connectivity index (χ0v) is 12.2. The van der Waals surface area contributed by atoms with Gasteiger partial charge in [0.15, 0.2) is 0 Å². The van der Waals surface area contributed by atoms with Crippen LogP contribution in [-0.2, 0) is 11.3 Å². The number of morpholine rings is 1. The van der Waals surface area contributed by atoms with Crippen LogP contribution in [0.1, 0.15) is 18.4 Å². The van der Waals surface area contributed by atoms with Crippen molar-refractivity contribution in [3.8, 4) is 11.4 Å². The number of hydrogen-bond donors (Lipinski definition) is 0. The summed E-state index contributed by atoms with van der Waals surface area (Å²) in [5.41, 5.74) is 1.23. The zero-order valence-electron chi connectivity index (χ0n) is 12.2. The van der Waals surface area contributed by atoms with Crippen LogP contribution < -0.4 is 0 Å². The van der Waals surface area contributed by atoms with Gasteiger partial charge in [0.1, 0.15) is 5.82 Å². The summed E-state index contributed by atoms with van der Waals surface area (Å²) in [6.45, 7) is 6.69. The molecule has 0 N–H and O–H groups in total. The van der Waals surface area contributed by atoms with Crippen molar-refractivity contribution in [3.63, 3.8) is 0 Å². The van der Waals surface area contributed by atoms with Gasteiger partial charge in [-0.25, -0.2) is 4.39 Å². The molecule has 1 atom stereocenters. The largest absolute Gasteiger partial charge is 0.379 e. The van der Waals surface area contributed by atoms with Crippen LogP contribution in [-0.4, -0.2) is 40.8 Å². The predicted octanol–water partition coefficient (Wildman–Crippen LogP) is 2.40. The third kappa shape index (κ3) is 3.11. The van der Waals surface area contributed by atoms with Gasteiger partial charge in [-0.1, -0.05) is 17.3 Å². The van der Waals surface area contributed by atoms with E-state index in [-0.39, 0.29) is 5.82 Å². The molecule has 0 aliphatic carbocycles. The molecule has 2 aromatic rings. The van der Waals surface area contributed by atoms with E-state index in [1.165, 1.54) is 6.07 Å². The Hall–Kier alpha value is -1.79. The van der Waals surface area contributed by atoms with E-state index < -0.39 is 0 Å². The Morgan fingerprint density at radius 1 is 1.43 bits per heavy atom. The highest BCUT2D eigenvalue weighted by molar-refractivity contribution is 5.54. The van der Waals surface area contributed by atoms with Gasteiger partial charge in [-0.2, -0.15) is 4.98 Å². The summed E-state index contributed by atoms with van der Waals surface area (Å²) in [6.07, 6.45) is 0. The maximum absolute atomic E-state index is 13.6. The molecule has 1 aliphatic heterocycles. The van der Waals surface area contributed by atoms with Crippen molar-refractivity contribution in [3.05, 3.63) is 35.5 Å². The monoisotopic (exact) mass is 291 g/mol. The molecule has 0 bridgehead atoms. The zero-order chi connectivity index (χ0) is 14.8. The van der Waals surface area contributed by atoms with Crippen molar-refractivity contribution < 1.29 is 13.7 Å². The van der Waals surface area contributed by atoms with Crippen LogP contribution in [0.4, 0.5) is 4.39 Å². The second-order valence-corrected chi connectivity index (χ2v) is 5.37. The Morgan fingerprint density at radius 2 is 2.29 bits per heavy atom. The lowest BCUT2D eigenvalue weighted by atomic mass is 10.1. The average Bonchev–Trinajstić information content (AvgIpc) is 2.93. The van der Waals surface area contributed by atoms with Gasteiger partial charge in [0.2, 0.25) is 11.7 Å². The summed E-state index contributed by atoms with van der Waals surface area (Å²) in [5, 5.41) is 3.94. The molecule has 5 nitrogen and oxygen atoms in total. The van der Waals surface area contributed by atoms with Gasteiger partial charge in [0.05, 0.1) is 19.8 Å². The topological polar surface area (TPSA) is 51.4 Å². The third-order valence-corrected chi connectivity index (χ3v) is 3.74. The minimum Gasteiger partial charge on any atom is -0.379 e. The smallest absolute Gasteiger partial charge is 0.241 e. The van der Waals surface area contributed by atoms with Crippen molar-refractivity contribution in [2.75, 3.05) is 19.8 Å². The molecule has 0 spiro atoms. The van der Waals surface area contributed by atoms with Crippen molar-refractivity contribution in [1.82, 2.24) is 15.0 Å². The molecule has 0 amide bonds. The van der Waals surface area contributed by atoms with E-state index in [4.69, 9.17) is 9.26 Å². The second kappa shape index (κ2) is 5.91. The van der Waals surface area contributed by atoms with E-state index in [9.17, 15) is 4.39 Å². The van der Waals surface area contributed by atoms with Crippen LogP contribution in [0, 0.1) is 12.7 Å². The van der Waals surface area contributed by atoms with Crippen molar-refractivity contribution >= 4 is 0 Å². The van der Waals surface area contributed by atoms with E-state index in [1.54, 1.807) is 19.1 Å². The number of aryl methyl sites for hydroxylation is 1. The van der Waals surface area contributed by atoms with Gasteiger partial charge in [-0.15, -0.1) is 0 Å². The van der Waals surface area contributed by atoms with Crippen molar-refractivity contribution in [2.24, 2.45) is 0 Å². The fraction of sp³-hybridized carbons (Fsp3) is 0.467. The molecule has 1 aliphatic rings. The maximum Gasteiger partial charge on any atom is 0.241 e. The highest BCUT2D eigenvalue weighted by Gasteiger charge is 2.21. The molecular formula is C15H18FN3O2. The molecule has 0 saturated carbocycles. The molecule has 2 heterocycles. The Bertz CT molecular complexity index is 629. The third-order valence-electron chi connectivity index (χ3n) is 3.74. The van der Waals surface area contributed by atoms with E-state index in [0.29, 0.717) is 48.6 Å². The van der Waals surface area contributed by atoms with Crippen LogP contribution in [0.5, 0.6) is 0 Å². The first kappa shape index (κ1) is 14.2. The molecule has 1 aromatic carbocycles. The number of hydrogen-bond acceptors (Lipinski definition) is 5. The van der Waals surface area contributed by atoms with E-state index >= 15 is 0 Å².